The first-order valence-electron chi connectivity index (χ1n) is 7.57. The Morgan fingerprint density at radius 2 is 1.29 bits per heavy atom. The predicted molar refractivity (Wildman–Crippen MR) is 75.6 cm³/mol. The van der Waals surface area contributed by atoms with Crippen LogP contribution in [0.25, 0.3) is 0 Å². The van der Waals surface area contributed by atoms with E-state index in [-0.39, 0.29) is 5.75 Å². The molecule has 1 saturated carbocycles. The number of ether oxygens (including phenoxy) is 1. The molecule has 3 nitrogen and oxygen atoms in total. The molecule has 1 aromatic carbocycles. The summed E-state index contributed by atoms with van der Waals surface area (Å²) in [5, 5.41) is 10.2. The maximum Gasteiger partial charge on any atom is 0.381 e. The van der Waals surface area contributed by atoms with Gasteiger partial charge in [0.25, 0.3) is 5.67 Å². The standard InChI is InChI=1S/C16H13F9O3/c1-8(26)28-10-5-3-9(4-6-10)11(2,27)7-12(17)13(18,19)15(22,23)16(24,25)14(12,20)21/h3-6,27H,7H2,1-2H3. The minimum Gasteiger partial charge on any atom is -0.427 e. The highest BCUT2D eigenvalue weighted by atomic mass is 19.4. The van der Waals surface area contributed by atoms with Gasteiger partial charge in [0.2, 0.25) is 0 Å². The van der Waals surface area contributed by atoms with E-state index in [1.807, 2.05) is 0 Å². The quantitative estimate of drug-likeness (QED) is 0.441. The fourth-order valence-electron chi connectivity index (χ4n) is 2.94. The Balaban J connectivity index is 2.48. The topological polar surface area (TPSA) is 46.5 Å². The minimum atomic E-state index is -6.70. The third-order valence-corrected chi connectivity index (χ3v) is 4.50. The Morgan fingerprint density at radius 1 is 0.893 bits per heavy atom. The van der Waals surface area contributed by atoms with Crippen LogP contribution in [0, 0.1) is 0 Å². The molecular weight excluding hydrogens is 411 g/mol. The van der Waals surface area contributed by atoms with Crippen LogP contribution in [0.4, 0.5) is 39.5 Å². The number of rotatable bonds is 4. The van der Waals surface area contributed by atoms with Crippen molar-refractivity contribution >= 4 is 5.97 Å². The van der Waals surface area contributed by atoms with Crippen LogP contribution in [0.1, 0.15) is 25.8 Å². The lowest BCUT2D eigenvalue weighted by Crippen LogP contribution is -2.57. The molecule has 0 bridgehead atoms. The van der Waals surface area contributed by atoms with Crippen molar-refractivity contribution in [3.05, 3.63) is 29.8 Å². The van der Waals surface area contributed by atoms with Gasteiger partial charge in [0.15, 0.2) is 0 Å². The molecule has 1 aliphatic carbocycles. The predicted octanol–water partition coefficient (Wildman–Crippen LogP) is 4.47. The number of hydrogen-bond acceptors (Lipinski definition) is 3. The monoisotopic (exact) mass is 424 g/mol. The molecule has 2 rings (SSSR count). The van der Waals surface area contributed by atoms with Gasteiger partial charge in [-0.25, -0.2) is 4.39 Å². The first-order chi connectivity index (χ1) is 12.3. The molecule has 0 aromatic heterocycles. The van der Waals surface area contributed by atoms with Crippen molar-refractivity contribution in [1.29, 1.82) is 0 Å². The van der Waals surface area contributed by atoms with Crippen LogP contribution in [0.15, 0.2) is 24.3 Å². The molecule has 1 atom stereocenters. The Bertz CT molecular complexity index is 746. The van der Waals surface area contributed by atoms with Crippen LogP contribution in [-0.4, -0.2) is 40.4 Å². The summed E-state index contributed by atoms with van der Waals surface area (Å²) in [5.41, 5.74) is -9.32. The molecule has 1 unspecified atom stereocenters. The molecule has 0 saturated heterocycles. The summed E-state index contributed by atoms with van der Waals surface area (Å²) in [6.07, 6.45) is -2.47. The van der Waals surface area contributed by atoms with Crippen molar-refractivity contribution in [3.63, 3.8) is 0 Å². The number of benzene rings is 1. The van der Waals surface area contributed by atoms with Gasteiger partial charge in [0.1, 0.15) is 5.75 Å². The van der Waals surface area contributed by atoms with Gasteiger partial charge < -0.3 is 9.84 Å². The molecule has 0 aliphatic heterocycles. The maximum atomic E-state index is 14.6. The van der Waals surface area contributed by atoms with Crippen molar-refractivity contribution in [1.82, 2.24) is 0 Å². The number of halogens is 9. The number of esters is 1. The summed E-state index contributed by atoms with van der Waals surface area (Å²) in [6, 6.07) is 3.60. The van der Waals surface area contributed by atoms with Gasteiger partial charge in [-0.05, 0) is 24.6 Å². The molecule has 0 amide bonds. The van der Waals surface area contributed by atoms with E-state index >= 15 is 0 Å². The minimum absolute atomic E-state index is 0.128. The molecule has 158 valence electrons. The Kier molecular flexibility index (Phi) is 4.79. The summed E-state index contributed by atoms with van der Waals surface area (Å²) in [7, 11) is 0. The van der Waals surface area contributed by atoms with Gasteiger partial charge >= 0.3 is 29.7 Å². The molecule has 28 heavy (non-hydrogen) atoms. The molecule has 1 aliphatic rings. The van der Waals surface area contributed by atoms with E-state index in [9.17, 15) is 49.4 Å². The van der Waals surface area contributed by atoms with Gasteiger partial charge in [-0.3, -0.25) is 4.79 Å². The summed E-state index contributed by atoms with van der Waals surface area (Å²) >= 11 is 0. The van der Waals surface area contributed by atoms with E-state index in [1.54, 1.807) is 0 Å². The molecule has 0 heterocycles. The molecule has 1 fully saturated rings. The Morgan fingerprint density at radius 3 is 1.64 bits per heavy atom. The first-order valence-corrected chi connectivity index (χ1v) is 7.57. The second-order valence-corrected chi connectivity index (χ2v) is 6.67. The normalized spacial score (nSPS) is 25.7. The number of carbonyl (C=O) groups excluding carboxylic acids is 1. The van der Waals surface area contributed by atoms with Crippen LogP contribution in [-0.2, 0) is 10.4 Å². The van der Waals surface area contributed by atoms with Crippen LogP contribution in [0.2, 0.25) is 0 Å². The molecule has 1 N–H and O–H groups in total. The van der Waals surface area contributed by atoms with Crippen molar-refractivity contribution in [3.8, 4) is 5.75 Å². The molecule has 12 heteroatoms. The Labute approximate surface area is 152 Å². The second-order valence-electron chi connectivity index (χ2n) is 6.67. The number of carbonyl (C=O) groups is 1. The van der Waals surface area contributed by atoms with E-state index in [0.717, 1.165) is 31.2 Å². The largest absolute Gasteiger partial charge is 0.427 e. The molecular formula is C16H13F9O3. The highest BCUT2D eigenvalue weighted by Crippen LogP contribution is 2.70. The number of aliphatic hydroxyl groups is 1. The van der Waals surface area contributed by atoms with Crippen molar-refractivity contribution < 1.29 is 54.2 Å². The van der Waals surface area contributed by atoms with Gasteiger partial charge in [-0.2, -0.15) is 35.1 Å². The van der Waals surface area contributed by atoms with Gasteiger partial charge in [0, 0.05) is 13.3 Å². The van der Waals surface area contributed by atoms with Crippen LogP contribution >= 0.6 is 0 Å². The highest BCUT2D eigenvalue weighted by Gasteiger charge is 3.00. The SMILES string of the molecule is CC(=O)Oc1ccc(C(C)(O)CC2(F)C(F)(F)C(F)(F)C(F)(F)C2(F)F)cc1. The van der Waals surface area contributed by atoms with E-state index in [4.69, 9.17) is 0 Å². The fraction of sp³-hybridized carbons (Fsp3) is 0.562. The third kappa shape index (κ3) is 2.67. The van der Waals surface area contributed by atoms with E-state index in [0.29, 0.717) is 6.92 Å². The highest BCUT2D eigenvalue weighted by molar-refractivity contribution is 5.69. The summed E-state index contributed by atoms with van der Waals surface area (Å²) in [4.78, 5) is 10.8. The van der Waals surface area contributed by atoms with E-state index < -0.39 is 52.9 Å². The Hall–Kier alpha value is -1.98. The van der Waals surface area contributed by atoms with Crippen molar-refractivity contribution in [2.75, 3.05) is 0 Å². The van der Waals surface area contributed by atoms with Gasteiger partial charge in [-0.15, -0.1) is 0 Å². The van der Waals surface area contributed by atoms with Crippen molar-refractivity contribution in [2.24, 2.45) is 0 Å². The van der Waals surface area contributed by atoms with Gasteiger partial charge in [-0.1, -0.05) is 12.1 Å². The van der Waals surface area contributed by atoms with E-state index in [2.05, 4.69) is 4.74 Å². The summed E-state index contributed by atoms with van der Waals surface area (Å²) in [5.74, 6) is -27.3. The average molecular weight is 424 g/mol. The fourth-order valence-corrected chi connectivity index (χ4v) is 2.94. The maximum absolute atomic E-state index is 14.6. The molecule has 0 spiro atoms. The smallest absolute Gasteiger partial charge is 0.381 e. The lowest BCUT2D eigenvalue weighted by Gasteiger charge is -2.36. The second kappa shape index (κ2) is 6.01. The summed E-state index contributed by atoms with van der Waals surface area (Å²) in [6.45, 7) is 1.54. The van der Waals surface area contributed by atoms with E-state index in [1.165, 1.54) is 0 Å². The van der Waals surface area contributed by atoms with Gasteiger partial charge in [0.05, 0.1) is 5.60 Å². The number of alkyl halides is 9. The zero-order chi connectivity index (χ0) is 22.0. The van der Waals surface area contributed by atoms with Crippen LogP contribution in [0.3, 0.4) is 0 Å². The number of hydrogen-bond donors (Lipinski definition) is 1. The lowest BCUT2D eigenvalue weighted by molar-refractivity contribution is -0.303. The molecule has 0 radical (unpaired) electrons. The zero-order valence-electron chi connectivity index (χ0n) is 14.2. The molecule has 1 aromatic rings. The van der Waals surface area contributed by atoms with Crippen LogP contribution < -0.4 is 4.74 Å². The lowest BCUT2D eigenvalue weighted by atomic mass is 9.80. The zero-order valence-corrected chi connectivity index (χ0v) is 14.2. The van der Waals surface area contributed by atoms with Crippen molar-refractivity contribution in [2.45, 2.75) is 55.2 Å². The average Bonchev–Trinajstić information content (AvgIpc) is 2.57. The van der Waals surface area contributed by atoms with Crippen LogP contribution in [0.5, 0.6) is 5.75 Å². The third-order valence-electron chi connectivity index (χ3n) is 4.50. The summed E-state index contributed by atoms with van der Waals surface area (Å²) < 4.78 is 127. The first kappa shape index (κ1) is 22.3.